The molecule has 1 heterocycles. The highest BCUT2D eigenvalue weighted by Crippen LogP contribution is 2.21. The highest BCUT2D eigenvalue weighted by atomic mass is 32.2. The predicted octanol–water partition coefficient (Wildman–Crippen LogP) is 1.78. The molecule has 0 saturated carbocycles. The van der Waals surface area contributed by atoms with Crippen LogP contribution in [0.25, 0.3) is 0 Å². The third-order valence-corrected chi connectivity index (χ3v) is 4.93. The predicted molar refractivity (Wildman–Crippen MR) is 76.2 cm³/mol. The molecule has 7 heteroatoms. The Bertz CT molecular complexity index is 588. The van der Waals surface area contributed by atoms with Crippen LogP contribution >= 0.6 is 0 Å². The van der Waals surface area contributed by atoms with Crippen molar-refractivity contribution in [3.63, 3.8) is 0 Å². The molecule has 0 aliphatic rings. The lowest BCUT2D eigenvalue weighted by molar-refractivity contribution is 0.0686. The summed E-state index contributed by atoms with van der Waals surface area (Å²) in [6.07, 6.45) is 1.34. The van der Waals surface area contributed by atoms with Crippen LogP contribution in [0.2, 0.25) is 0 Å². The van der Waals surface area contributed by atoms with E-state index in [9.17, 15) is 13.2 Å². The summed E-state index contributed by atoms with van der Waals surface area (Å²) < 4.78 is 27.9. The second-order valence-corrected chi connectivity index (χ2v) is 7.43. The molecule has 0 saturated heterocycles. The minimum absolute atomic E-state index is 0.0201. The number of rotatable bonds is 6. The lowest BCUT2D eigenvalue weighted by Crippen LogP contribution is -2.39. The number of aryl methyl sites for hydroxylation is 1. The third kappa shape index (κ3) is 3.40. The summed E-state index contributed by atoms with van der Waals surface area (Å²) in [6.45, 7) is 7.90. The van der Waals surface area contributed by atoms with Gasteiger partial charge in [0.1, 0.15) is 10.6 Å². The molecule has 0 aliphatic carbocycles. The molecule has 20 heavy (non-hydrogen) atoms. The van der Waals surface area contributed by atoms with Crippen LogP contribution in [0, 0.1) is 5.92 Å². The van der Waals surface area contributed by atoms with Crippen molar-refractivity contribution in [2.24, 2.45) is 13.0 Å². The van der Waals surface area contributed by atoms with Crippen LogP contribution in [0.15, 0.2) is 17.2 Å². The fraction of sp³-hybridized carbons (Fsp3) is 0.615. The van der Waals surface area contributed by atoms with Crippen molar-refractivity contribution in [3.8, 4) is 0 Å². The van der Waals surface area contributed by atoms with E-state index in [0.29, 0.717) is 6.54 Å². The Labute approximate surface area is 120 Å². The molecule has 1 aromatic heterocycles. The maximum atomic E-state index is 12.6. The molecule has 0 spiro atoms. The Hall–Kier alpha value is -1.34. The normalized spacial score (nSPS) is 12.6. The van der Waals surface area contributed by atoms with Gasteiger partial charge in [-0.1, -0.05) is 13.8 Å². The number of carboxylic acids is 1. The SMILES string of the molecule is CC(C)CN(C(C)C)S(=O)(=O)c1cc(C(=O)O)n(C)c1. The molecule has 0 fully saturated rings. The van der Waals surface area contributed by atoms with E-state index in [4.69, 9.17) is 5.11 Å². The number of sulfonamides is 1. The molecule has 0 bridgehead atoms. The molecule has 0 amide bonds. The standard InChI is InChI=1S/C13H22N2O4S/c1-9(2)7-15(10(3)4)20(18,19)11-6-12(13(16)17)14(5)8-11/h6,8-10H,7H2,1-5H3,(H,16,17). The van der Waals surface area contributed by atoms with Crippen LogP contribution < -0.4 is 0 Å². The number of carboxylic acid groups (broad SMARTS) is 1. The molecule has 1 rings (SSSR count). The fourth-order valence-electron chi connectivity index (χ4n) is 1.97. The van der Waals surface area contributed by atoms with E-state index in [2.05, 4.69) is 0 Å². The van der Waals surface area contributed by atoms with E-state index in [1.165, 1.54) is 28.2 Å². The van der Waals surface area contributed by atoms with Gasteiger partial charge < -0.3 is 9.67 Å². The van der Waals surface area contributed by atoms with Crippen molar-refractivity contribution in [2.75, 3.05) is 6.54 Å². The van der Waals surface area contributed by atoms with Gasteiger partial charge >= 0.3 is 5.97 Å². The van der Waals surface area contributed by atoms with Crippen molar-refractivity contribution in [3.05, 3.63) is 18.0 Å². The maximum Gasteiger partial charge on any atom is 0.352 e. The third-order valence-electron chi connectivity index (χ3n) is 2.93. The van der Waals surface area contributed by atoms with Crippen molar-refractivity contribution < 1.29 is 18.3 Å². The fourth-order valence-corrected chi connectivity index (χ4v) is 3.84. The molecule has 1 aromatic rings. The Morgan fingerprint density at radius 1 is 1.35 bits per heavy atom. The van der Waals surface area contributed by atoms with E-state index < -0.39 is 16.0 Å². The zero-order chi connectivity index (χ0) is 15.7. The maximum absolute atomic E-state index is 12.6. The van der Waals surface area contributed by atoms with E-state index in [1.807, 2.05) is 13.8 Å². The van der Waals surface area contributed by atoms with Gasteiger partial charge in [-0.15, -0.1) is 0 Å². The summed E-state index contributed by atoms with van der Waals surface area (Å²) in [5, 5.41) is 9.01. The van der Waals surface area contributed by atoms with Gasteiger partial charge in [-0.2, -0.15) is 4.31 Å². The molecule has 0 aliphatic heterocycles. The monoisotopic (exact) mass is 302 g/mol. The first-order valence-corrected chi connectivity index (χ1v) is 7.92. The van der Waals surface area contributed by atoms with E-state index >= 15 is 0 Å². The van der Waals surface area contributed by atoms with Gasteiger partial charge in [0.2, 0.25) is 10.0 Å². The Balaban J connectivity index is 3.26. The summed E-state index contributed by atoms with van der Waals surface area (Å²) in [4.78, 5) is 11.0. The summed E-state index contributed by atoms with van der Waals surface area (Å²) in [6, 6.07) is 1.02. The lowest BCUT2D eigenvalue weighted by atomic mass is 10.2. The number of aromatic nitrogens is 1. The molecule has 0 aromatic carbocycles. The Morgan fingerprint density at radius 3 is 2.25 bits per heavy atom. The summed E-state index contributed by atoms with van der Waals surface area (Å²) in [7, 11) is -2.16. The molecule has 114 valence electrons. The van der Waals surface area contributed by atoms with Gasteiger partial charge in [0.25, 0.3) is 0 Å². The molecule has 0 radical (unpaired) electrons. The number of carbonyl (C=O) groups is 1. The topological polar surface area (TPSA) is 79.6 Å². The Morgan fingerprint density at radius 2 is 1.90 bits per heavy atom. The van der Waals surface area contributed by atoms with Crippen molar-refractivity contribution in [1.29, 1.82) is 0 Å². The second-order valence-electron chi connectivity index (χ2n) is 5.54. The average molecular weight is 302 g/mol. The molecule has 1 N–H and O–H groups in total. The molecular weight excluding hydrogens is 280 g/mol. The molecule has 0 atom stereocenters. The molecule has 0 unspecified atom stereocenters. The van der Waals surface area contributed by atoms with E-state index in [-0.39, 0.29) is 22.5 Å². The minimum atomic E-state index is -3.68. The van der Waals surface area contributed by atoms with Crippen molar-refractivity contribution >= 4 is 16.0 Å². The number of aromatic carboxylic acids is 1. The average Bonchev–Trinajstić information content (AvgIpc) is 2.68. The van der Waals surface area contributed by atoms with Crippen LogP contribution in [-0.4, -0.2) is 41.0 Å². The van der Waals surface area contributed by atoms with Gasteiger partial charge in [0.05, 0.1) is 0 Å². The second kappa shape index (κ2) is 5.97. The van der Waals surface area contributed by atoms with Crippen LogP contribution in [0.1, 0.15) is 38.2 Å². The summed E-state index contributed by atoms with van der Waals surface area (Å²) >= 11 is 0. The zero-order valence-electron chi connectivity index (χ0n) is 12.5. The number of nitrogens with zero attached hydrogens (tertiary/aromatic N) is 2. The van der Waals surface area contributed by atoms with Crippen LogP contribution in [0.3, 0.4) is 0 Å². The van der Waals surface area contributed by atoms with Crippen molar-refractivity contribution in [1.82, 2.24) is 8.87 Å². The highest BCUT2D eigenvalue weighted by Gasteiger charge is 2.29. The molecular formula is C13H22N2O4S. The first-order valence-electron chi connectivity index (χ1n) is 6.48. The zero-order valence-corrected chi connectivity index (χ0v) is 13.3. The quantitative estimate of drug-likeness (QED) is 0.868. The van der Waals surface area contributed by atoms with Gasteiger partial charge in [0.15, 0.2) is 0 Å². The minimum Gasteiger partial charge on any atom is -0.477 e. The molecule has 6 nitrogen and oxygen atoms in total. The largest absolute Gasteiger partial charge is 0.477 e. The lowest BCUT2D eigenvalue weighted by Gasteiger charge is -2.27. The first kappa shape index (κ1) is 16.7. The first-order chi connectivity index (χ1) is 9.07. The highest BCUT2D eigenvalue weighted by molar-refractivity contribution is 7.89. The van der Waals surface area contributed by atoms with E-state index in [1.54, 1.807) is 13.8 Å². The summed E-state index contributed by atoms with van der Waals surface area (Å²) in [5.74, 6) is -0.955. The van der Waals surface area contributed by atoms with Crippen LogP contribution in [-0.2, 0) is 17.1 Å². The van der Waals surface area contributed by atoms with Crippen LogP contribution in [0.5, 0.6) is 0 Å². The van der Waals surface area contributed by atoms with Gasteiger partial charge in [-0.05, 0) is 25.8 Å². The Kier molecular flexibility index (Phi) is 4.99. The van der Waals surface area contributed by atoms with E-state index in [0.717, 1.165) is 0 Å². The number of hydrogen-bond donors (Lipinski definition) is 1. The summed E-state index contributed by atoms with van der Waals surface area (Å²) in [5.41, 5.74) is -0.0446. The number of hydrogen-bond acceptors (Lipinski definition) is 3. The van der Waals surface area contributed by atoms with Crippen molar-refractivity contribution in [2.45, 2.75) is 38.6 Å². The van der Waals surface area contributed by atoms with Gasteiger partial charge in [-0.3, -0.25) is 0 Å². The smallest absolute Gasteiger partial charge is 0.352 e. The van der Waals surface area contributed by atoms with Gasteiger partial charge in [0, 0.05) is 25.8 Å². The van der Waals surface area contributed by atoms with Crippen LogP contribution in [0.4, 0.5) is 0 Å². The van der Waals surface area contributed by atoms with Gasteiger partial charge in [-0.25, -0.2) is 13.2 Å².